The monoisotopic (exact) mass is 782 g/mol. The van der Waals surface area contributed by atoms with Crippen molar-refractivity contribution in [3.05, 3.63) is 205 Å². The maximum absolute atomic E-state index is 7.29. The largest absolute Gasteiger partial charge is 0.453 e. The third kappa shape index (κ3) is 5.58. The zero-order chi connectivity index (χ0) is 40.7. The molecule has 11 aromatic rings. The molecule has 0 fully saturated rings. The minimum absolute atomic E-state index is 0.165. The van der Waals surface area contributed by atoms with E-state index in [2.05, 4.69) is 183 Å². The second-order valence-electron chi connectivity index (χ2n) is 16.4. The molecule has 2 aromatic heterocycles. The van der Waals surface area contributed by atoms with E-state index in [1.54, 1.807) is 0 Å². The van der Waals surface area contributed by atoms with E-state index in [9.17, 15) is 0 Å². The first-order chi connectivity index (χ1) is 30.0. The maximum Gasteiger partial charge on any atom is 0.167 e. The summed E-state index contributed by atoms with van der Waals surface area (Å²) >= 11 is 0. The van der Waals surface area contributed by atoms with Gasteiger partial charge in [-0.3, -0.25) is 0 Å². The van der Waals surface area contributed by atoms with Gasteiger partial charge in [-0.25, -0.2) is 15.0 Å². The van der Waals surface area contributed by atoms with E-state index < -0.39 is 0 Å². The third-order valence-electron chi connectivity index (χ3n) is 12.5. The molecule has 0 unspecified atom stereocenters. The Morgan fingerprint density at radius 2 is 1.03 bits per heavy atom. The molecule has 9 aromatic carbocycles. The highest BCUT2D eigenvalue weighted by atomic mass is 16.3. The number of furan rings is 1. The quantitative estimate of drug-likeness (QED) is 0.168. The molecule has 0 radical (unpaired) electrons. The van der Waals surface area contributed by atoms with E-state index in [0.717, 1.165) is 77.2 Å². The van der Waals surface area contributed by atoms with Crippen LogP contribution in [0.2, 0.25) is 0 Å². The van der Waals surface area contributed by atoms with E-state index >= 15 is 0 Å². The lowest BCUT2D eigenvalue weighted by atomic mass is 9.82. The highest BCUT2D eigenvalue weighted by Gasteiger charge is 2.36. The molecule has 61 heavy (non-hydrogen) atoms. The fourth-order valence-electron chi connectivity index (χ4n) is 9.46. The van der Waals surface area contributed by atoms with Crippen LogP contribution in [0.5, 0.6) is 0 Å². The van der Waals surface area contributed by atoms with Crippen molar-refractivity contribution in [1.29, 1.82) is 0 Å². The second kappa shape index (κ2) is 13.6. The number of rotatable bonds is 6. The fraction of sp³-hybridized carbons (Fsp3) is 0.0536. The minimum atomic E-state index is -0.165. The molecular weight excluding hydrogens is 745 g/mol. The average Bonchev–Trinajstić information content (AvgIpc) is 3.80. The van der Waals surface area contributed by atoms with Crippen LogP contribution in [0.4, 0.5) is 17.1 Å². The molecule has 0 saturated carbocycles. The van der Waals surface area contributed by atoms with Crippen LogP contribution < -0.4 is 4.90 Å². The highest BCUT2D eigenvalue weighted by Crippen LogP contribution is 2.52. The zero-order valence-corrected chi connectivity index (χ0v) is 33.7. The van der Waals surface area contributed by atoms with Crippen molar-refractivity contribution >= 4 is 60.5 Å². The molecule has 288 valence electrons. The molecule has 0 atom stereocenters. The van der Waals surface area contributed by atoms with Crippen LogP contribution in [0.3, 0.4) is 0 Å². The molecule has 5 heteroatoms. The summed E-state index contributed by atoms with van der Waals surface area (Å²) in [5.74, 6) is 1.75. The summed E-state index contributed by atoms with van der Waals surface area (Å²) in [6.45, 7) is 4.67. The predicted octanol–water partition coefficient (Wildman–Crippen LogP) is 14.9. The number of hydrogen-bond donors (Lipinski definition) is 0. The Balaban J connectivity index is 1.11. The third-order valence-corrected chi connectivity index (χ3v) is 12.5. The molecule has 0 bridgehead atoms. The van der Waals surface area contributed by atoms with Crippen molar-refractivity contribution in [2.75, 3.05) is 4.90 Å². The lowest BCUT2D eigenvalue weighted by Crippen LogP contribution is -2.16. The van der Waals surface area contributed by atoms with Crippen LogP contribution in [0.1, 0.15) is 25.0 Å². The van der Waals surface area contributed by atoms with Crippen LogP contribution >= 0.6 is 0 Å². The van der Waals surface area contributed by atoms with Gasteiger partial charge in [0.15, 0.2) is 23.1 Å². The molecule has 0 saturated heterocycles. The van der Waals surface area contributed by atoms with E-state index in [-0.39, 0.29) is 5.41 Å². The summed E-state index contributed by atoms with van der Waals surface area (Å²) in [5, 5.41) is 6.52. The van der Waals surface area contributed by atoms with Gasteiger partial charge < -0.3 is 9.32 Å². The molecular formula is C56H38N4O. The van der Waals surface area contributed by atoms with E-state index in [1.807, 2.05) is 30.3 Å². The Morgan fingerprint density at radius 1 is 0.393 bits per heavy atom. The molecule has 1 aliphatic rings. The van der Waals surface area contributed by atoms with Gasteiger partial charge in [0, 0.05) is 44.1 Å². The first-order valence-corrected chi connectivity index (χ1v) is 20.8. The molecule has 2 heterocycles. The van der Waals surface area contributed by atoms with Crippen molar-refractivity contribution in [2.24, 2.45) is 0 Å². The van der Waals surface area contributed by atoms with Gasteiger partial charge in [-0.05, 0) is 80.9 Å². The van der Waals surface area contributed by atoms with Gasteiger partial charge in [0.2, 0.25) is 0 Å². The van der Waals surface area contributed by atoms with Crippen LogP contribution in [0.25, 0.3) is 88.8 Å². The van der Waals surface area contributed by atoms with Crippen molar-refractivity contribution in [3.8, 4) is 45.3 Å². The van der Waals surface area contributed by atoms with Crippen molar-refractivity contribution < 1.29 is 4.42 Å². The van der Waals surface area contributed by atoms with Crippen LogP contribution in [-0.2, 0) is 5.41 Å². The molecule has 12 rings (SSSR count). The summed E-state index contributed by atoms with van der Waals surface area (Å²) in [6.07, 6.45) is 0. The van der Waals surface area contributed by atoms with Crippen molar-refractivity contribution in [3.63, 3.8) is 0 Å². The Bertz CT molecular complexity index is 3520. The molecule has 1 aliphatic carbocycles. The summed E-state index contributed by atoms with van der Waals surface area (Å²) in [5.41, 5.74) is 12.3. The average molecular weight is 783 g/mol. The van der Waals surface area contributed by atoms with Gasteiger partial charge in [0.1, 0.15) is 5.58 Å². The van der Waals surface area contributed by atoms with Crippen LogP contribution in [0.15, 0.2) is 199 Å². The van der Waals surface area contributed by atoms with E-state index in [0.29, 0.717) is 17.5 Å². The topological polar surface area (TPSA) is 55.1 Å². The lowest BCUT2D eigenvalue weighted by Gasteiger charge is -2.29. The normalized spacial score (nSPS) is 12.9. The standard InChI is InChI=1S/C56H38N4O/c1-56(2)48-27-14-13-24-43(48)44-31-30-41(34-49(44)56)60(40-21-7-4-8-22-40)50-42-23-12-11-20-38(42)33-47-45-25-15-26-46(51(45)61-52(47)50)55-58-53(36-17-5-3-6-18-36)57-54(59-55)39-29-28-35-16-9-10-19-37(35)32-39/h3-34H,1-2H3. The summed E-state index contributed by atoms with van der Waals surface area (Å²) in [6, 6.07) is 68.4. The zero-order valence-electron chi connectivity index (χ0n) is 33.7. The highest BCUT2D eigenvalue weighted by molar-refractivity contribution is 6.20. The Hall–Kier alpha value is -7.89. The van der Waals surface area contributed by atoms with Gasteiger partial charge in [-0.15, -0.1) is 0 Å². The van der Waals surface area contributed by atoms with Crippen LogP contribution in [-0.4, -0.2) is 15.0 Å². The fourth-order valence-corrected chi connectivity index (χ4v) is 9.46. The lowest BCUT2D eigenvalue weighted by molar-refractivity contribution is 0.660. The SMILES string of the molecule is CC1(C)c2ccccc2-c2ccc(N(c3ccccc3)c3c4ccccc4cc4c3oc3c(-c5nc(-c6ccccc6)nc(-c6ccc7ccccc7c6)n5)cccc34)cc21. The first-order valence-electron chi connectivity index (χ1n) is 20.8. The van der Waals surface area contributed by atoms with Gasteiger partial charge in [0.25, 0.3) is 0 Å². The first kappa shape index (κ1) is 35.1. The van der Waals surface area contributed by atoms with Gasteiger partial charge in [0.05, 0.1) is 11.3 Å². The van der Waals surface area contributed by atoms with E-state index in [1.165, 1.54) is 22.3 Å². The Kier molecular flexibility index (Phi) is 7.81. The number of anilines is 3. The Morgan fingerprint density at radius 3 is 1.87 bits per heavy atom. The second-order valence-corrected chi connectivity index (χ2v) is 16.4. The summed E-state index contributed by atoms with van der Waals surface area (Å²) < 4.78 is 7.29. The number of nitrogens with zero attached hydrogens (tertiary/aromatic N) is 4. The number of aromatic nitrogens is 3. The van der Waals surface area contributed by atoms with Gasteiger partial charge in [-0.1, -0.05) is 166 Å². The maximum atomic E-state index is 7.29. The number of fused-ring (bicyclic) bond motifs is 8. The molecule has 0 spiro atoms. The minimum Gasteiger partial charge on any atom is -0.453 e. The van der Waals surface area contributed by atoms with Crippen LogP contribution in [0, 0.1) is 0 Å². The summed E-state index contributed by atoms with van der Waals surface area (Å²) in [7, 11) is 0. The van der Waals surface area contributed by atoms with E-state index in [4.69, 9.17) is 19.4 Å². The number of benzene rings is 9. The molecule has 0 N–H and O–H groups in total. The number of para-hydroxylation sites is 2. The molecule has 0 aliphatic heterocycles. The molecule has 5 nitrogen and oxygen atoms in total. The van der Waals surface area contributed by atoms with Crippen molar-refractivity contribution in [2.45, 2.75) is 19.3 Å². The van der Waals surface area contributed by atoms with Crippen molar-refractivity contribution in [1.82, 2.24) is 15.0 Å². The number of hydrogen-bond acceptors (Lipinski definition) is 5. The molecule has 0 amide bonds. The summed E-state index contributed by atoms with van der Waals surface area (Å²) in [4.78, 5) is 17.8. The van der Waals surface area contributed by atoms with Gasteiger partial charge in [-0.2, -0.15) is 0 Å². The smallest absolute Gasteiger partial charge is 0.167 e. The predicted molar refractivity (Wildman–Crippen MR) is 251 cm³/mol. The Labute approximate surface area is 353 Å². The van der Waals surface area contributed by atoms with Gasteiger partial charge >= 0.3 is 0 Å².